The van der Waals surface area contributed by atoms with E-state index in [2.05, 4.69) is 17.6 Å². The number of nitrogens with one attached hydrogen (secondary N) is 2. The summed E-state index contributed by atoms with van der Waals surface area (Å²) in [6, 6.07) is 5.90. The van der Waals surface area contributed by atoms with E-state index >= 15 is 0 Å². The molecule has 0 bridgehead atoms. The van der Waals surface area contributed by atoms with Crippen molar-refractivity contribution in [2.75, 3.05) is 0 Å². The Labute approximate surface area is 124 Å². The van der Waals surface area contributed by atoms with Gasteiger partial charge in [0.05, 0.1) is 0 Å². The van der Waals surface area contributed by atoms with E-state index in [1.165, 1.54) is 18.6 Å². The van der Waals surface area contributed by atoms with Crippen LogP contribution in [0, 0.1) is 11.7 Å². The van der Waals surface area contributed by atoms with Crippen molar-refractivity contribution < 1.29 is 14.0 Å². The molecule has 1 aliphatic rings. The summed E-state index contributed by atoms with van der Waals surface area (Å²) in [4.78, 5) is 23.6. The lowest BCUT2D eigenvalue weighted by Crippen LogP contribution is -2.47. The smallest absolute Gasteiger partial charge is 0.309 e. The fourth-order valence-corrected chi connectivity index (χ4v) is 2.63. The van der Waals surface area contributed by atoms with Crippen LogP contribution in [0.25, 0.3) is 0 Å². The first-order valence-corrected chi connectivity index (χ1v) is 7.39. The van der Waals surface area contributed by atoms with Crippen LogP contribution >= 0.6 is 0 Å². The van der Waals surface area contributed by atoms with Crippen molar-refractivity contribution in [2.45, 2.75) is 45.2 Å². The van der Waals surface area contributed by atoms with Gasteiger partial charge in [-0.05, 0) is 36.5 Å². The van der Waals surface area contributed by atoms with Crippen molar-refractivity contribution in [1.29, 1.82) is 0 Å². The minimum atomic E-state index is -0.642. The van der Waals surface area contributed by atoms with Crippen LogP contribution in [0.3, 0.4) is 0 Å². The summed E-state index contributed by atoms with van der Waals surface area (Å²) < 4.78 is 12.8. The van der Waals surface area contributed by atoms with E-state index in [4.69, 9.17) is 0 Å². The zero-order valence-corrected chi connectivity index (χ0v) is 12.2. The first-order chi connectivity index (χ1) is 10.1. The van der Waals surface area contributed by atoms with E-state index in [0.29, 0.717) is 5.92 Å². The van der Waals surface area contributed by atoms with Gasteiger partial charge in [-0.1, -0.05) is 31.9 Å². The molecule has 0 aliphatic heterocycles. The molecular weight excluding hydrogens is 271 g/mol. The molecule has 2 N–H and O–H groups in total. The van der Waals surface area contributed by atoms with Crippen LogP contribution in [0.1, 0.15) is 38.2 Å². The molecule has 0 aromatic heterocycles. The van der Waals surface area contributed by atoms with Gasteiger partial charge in [0.15, 0.2) is 0 Å². The number of halogens is 1. The van der Waals surface area contributed by atoms with Crippen molar-refractivity contribution in [2.24, 2.45) is 5.92 Å². The monoisotopic (exact) mass is 292 g/mol. The molecule has 5 heteroatoms. The van der Waals surface area contributed by atoms with Crippen LogP contribution in [-0.2, 0) is 16.1 Å². The molecule has 2 atom stereocenters. The molecule has 0 saturated heterocycles. The maximum absolute atomic E-state index is 12.8. The first kappa shape index (κ1) is 15.5. The topological polar surface area (TPSA) is 58.2 Å². The fourth-order valence-electron chi connectivity index (χ4n) is 2.63. The van der Waals surface area contributed by atoms with Gasteiger partial charge in [-0.25, -0.2) is 4.39 Å². The van der Waals surface area contributed by atoms with Gasteiger partial charge >= 0.3 is 11.8 Å². The molecule has 1 fully saturated rings. The van der Waals surface area contributed by atoms with Gasteiger partial charge in [-0.3, -0.25) is 9.59 Å². The Hall–Kier alpha value is -1.91. The second kappa shape index (κ2) is 7.20. The summed E-state index contributed by atoms with van der Waals surface area (Å²) in [5.41, 5.74) is 0.753. The molecule has 114 valence electrons. The number of hydrogen-bond donors (Lipinski definition) is 2. The molecule has 0 spiro atoms. The predicted molar refractivity (Wildman–Crippen MR) is 77.8 cm³/mol. The lowest BCUT2D eigenvalue weighted by molar-refractivity contribution is -0.140. The third-order valence-corrected chi connectivity index (χ3v) is 4.00. The molecule has 0 heterocycles. The van der Waals surface area contributed by atoms with Gasteiger partial charge in [0.25, 0.3) is 0 Å². The van der Waals surface area contributed by atoms with Crippen molar-refractivity contribution >= 4 is 11.8 Å². The molecule has 1 aromatic rings. The van der Waals surface area contributed by atoms with Gasteiger partial charge < -0.3 is 10.6 Å². The van der Waals surface area contributed by atoms with Crippen LogP contribution < -0.4 is 10.6 Å². The number of carbonyl (C=O) groups excluding carboxylic acids is 2. The van der Waals surface area contributed by atoms with Gasteiger partial charge in [0.1, 0.15) is 5.82 Å². The second-order valence-electron chi connectivity index (χ2n) is 5.65. The number of benzene rings is 1. The minimum absolute atomic E-state index is 0.0859. The fraction of sp³-hybridized carbons (Fsp3) is 0.500. The summed E-state index contributed by atoms with van der Waals surface area (Å²) in [5, 5.41) is 5.35. The predicted octanol–water partition coefficient (Wildman–Crippen LogP) is 2.14. The maximum atomic E-state index is 12.8. The van der Waals surface area contributed by atoms with Crippen LogP contribution in [0.4, 0.5) is 4.39 Å². The average Bonchev–Trinajstić information content (AvgIpc) is 2.48. The summed E-state index contributed by atoms with van der Waals surface area (Å²) in [7, 11) is 0. The highest BCUT2D eigenvalue weighted by atomic mass is 19.1. The Morgan fingerprint density at radius 1 is 1.14 bits per heavy atom. The van der Waals surface area contributed by atoms with E-state index in [1.54, 1.807) is 12.1 Å². The Morgan fingerprint density at radius 3 is 2.48 bits per heavy atom. The molecular formula is C16H21FN2O2. The Balaban J connectivity index is 1.79. The average molecular weight is 292 g/mol. The van der Waals surface area contributed by atoms with E-state index in [-0.39, 0.29) is 18.4 Å². The molecule has 2 rings (SSSR count). The van der Waals surface area contributed by atoms with Gasteiger partial charge in [0.2, 0.25) is 0 Å². The number of rotatable bonds is 3. The highest BCUT2D eigenvalue weighted by Gasteiger charge is 2.25. The van der Waals surface area contributed by atoms with E-state index in [9.17, 15) is 14.0 Å². The molecule has 1 aliphatic carbocycles. The second-order valence-corrected chi connectivity index (χ2v) is 5.65. The van der Waals surface area contributed by atoms with E-state index in [0.717, 1.165) is 24.8 Å². The van der Waals surface area contributed by atoms with Crippen LogP contribution in [0.2, 0.25) is 0 Å². The summed E-state index contributed by atoms with van der Waals surface area (Å²) in [6.07, 6.45) is 4.29. The molecule has 4 nitrogen and oxygen atoms in total. The first-order valence-electron chi connectivity index (χ1n) is 7.39. The quantitative estimate of drug-likeness (QED) is 0.839. The van der Waals surface area contributed by atoms with Crippen LogP contribution in [0.15, 0.2) is 24.3 Å². The summed E-state index contributed by atoms with van der Waals surface area (Å²) in [6.45, 7) is 2.31. The van der Waals surface area contributed by atoms with Crippen molar-refractivity contribution in [3.63, 3.8) is 0 Å². The molecule has 0 unspecified atom stereocenters. The maximum Gasteiger partial charge on any atom is 0.309 e. The zero-order chi connectivity index (χ0) is 15.2. The number of carbonyl (C=O) groups is 2. The lowest BCUT2D eigenvalue weighted by Gasteiger charge is -2.29. The number of hydrogen-bond acceptors (Lipinski definition) is 2. The van der Waals surface area contributed by atoms with Crippen molar-refractivity contribution in [3.05, 3.63) is 35.6 Å². The third kappa shape index (κ3) is 4.55. The Bertz CT molecular complexity index is 502. The van der Waals surface area contributed by atoms with E-state index < -0.39 is 11.8 Å². The molecule has 21 heavy (non-hydrogen) atoms. The Morgan fingerprint density at radius 2 is 1.81 bits per heavy atom. The van der Waals surface area contributed by atoms with Crippen LogP contribution in [-0.4, -0.2) is 17.9 Å². The molecule has 1 aromatic carbocycles. The van der Waals surface area contributed by atoms with Gasteiger partial charge in [-0.15, -0.1) is 0 Å². The minimum Gasteiger partial charge on any atom is -0.345 e. The van der Waals surface area contributed by atoms with Crippen molar-refractivity contribution in [3.8, 4) is 0 Å². The summed E-state index contributed by atoms with van der Waals surface area (Å²) in [5.74, 6) is -1.14. The lowest BCUT2D eigenvalue weighted by atomic mass is 9.86. The van der Waals surface area contributed by atoms with E-state index in [1.807, 2.05) is 0 Å². The van der Waals surface area contributed by atoms with Crippen LogP contribution in [0.5, 0.6) is 0 Å². The highest BCUT2D eigenvalue weighted by molar-refractivity contribution is 6.35. The Kier molecular flexibility index (Phi) is 5.31. The van der Waals surface area contributed by atoms with Gasteiger partial charge in [-0.2, -0.15) is 0 Å². The highest BCUT2D eigenvalue weighted by Crippen LogP contribution is 2.23. The molecule has 1 saturated carbocycles. The zero-order valence-electron chi connectivity index (χ0n) is 12.2. The standard InChI is InChI=1S/C16H21FN2O2/c1-11-4-2-3-5-14(11)19-16(21)15(20)18-10-12-6-8-13(17)9-7-12/h6-9,11,14H,2-5,10H2,1H3,(H,18,20)(H,19,21)/t11-,14-/m0/s1. The third-order valence-electron chi connectivity index (χ3n) is 4.00. The SMILES string of the molecule is C[C@H]1CCCC[C@@H]1NC(=O)C(=O)NCc1ccc(F)cc1. The summed E-state index contributed by atoms with van der Waals surface area (Å²) >= 11 is 0. The molecule has 0 radical (unpaired) electrons. The number of amides is 2. The van der Waals surface area contributed by atoms with Gasteiger partial charge in [0, 0.05) is 12.6 Å². The molecule has 2 amide bonds. The normalized spacial score (nSPS) is 21.6. The largest absolute Gasteiger partial charge is 0.345 e. The van der Waals surface area contributed by atoms with Crippen molar-refractivity contribution in [1.82, 2.24) is 10.6 Å².